The average Bonchev–Trinajstić information content (AvgIpc) is 2.90. The summed E-state index contributed by atoms with van der Waals surface area (Å²) in [4.78, 5) is 0. The van der Waals surface area contributed by atoms with Crippen molar-refractivity contribution in [3.05, 3.63) is 71.9 Å². The van der Waals surface area contributed by atoms with Crippen molar-refractivity contribution in [3.63, 3.8) is 0 Å². The van der Waals surface area contributed by atoms with E-state index in [0.717, 1.165) is 59.4 Å². The van der Waals surface area contributed by atoms with Crippen molar-refractivity contribution in [2.45, 2.75) is 143 Å². The molecule has 0 aliphatic heterocycles. The second-order valence-electron chi connectivity index (χ2n) is 13.8. The Kier molecular flexibility index (Phi) is 9.89. The monoisotopic (exact) mass is 518 g/mol. The molecule has 0 unspecified atom stereocenters. The summed E-state index contributed by atoms with van der Waals surface area (Å²) in [5.74, 6) is 1.48. The molecule has 0 bridgehead atoms. The zero-order valence-electron chi connectivity index (χ0n) is 26.7. The summed E-state index contributed by atoms with van der Waals surface area (Å²) >= 11 is 0. The van der Waals surface area contributed by atoms with Gasteiger partial charge in [-0.2, -0.15) is 0 Å². The molecular formula is C36H54O2. The van der Waals surface area contributed by atoms with Gasteiger partial charge in [-0.25, -0.2) is 0 Å². The molecule has 210 valence electrons. The molecule has 2 heteroatoms. The lowest BCUT2D eigenvalue weighted by Crippen LogP contribution is -2.23. The SMILES string of the molecule is [CH]Oc1c(C(C)c2cc(C(C)(C)CC)cc(C(C)(C)CC)c2O[CH])cc(C(C)(C)CC)cc1C(C)(C)CC. The van der Waals surface area contributed by atoms with Gasteiger partial charge < -0.3 is 9.47 Å². The maximum absolute atomic E-state index is 6.07. The zero-order chi connectivity index (χ0) is 29.3. The molecule has 0 aromatic heterocycles. The first-order chi connectivity index (χ1) is 17.5. The van der Waals surface area contributed by atoms with Crippen LogP contribution in [0.25, 0.3) is 0 Å². The molecule has 0 N–H and O–H groups in total. The zero-order valence-corrected chi connectivity index (χ0v) is 26.7. The molecule has 2 aromatic carbocycles. The van der Waals surface area contributed by atoms with E-state index in [-0.39, 0.29) is 27.6 Å². The molecule has 0 aliphatic rings. The highest BCUT2D eigenvalue weighted by atomic mass is 16.5. The Balaban J connectivity index is 3.06. The number of hydrogen-bond acceptors (Lipinski definition) is 2. The van der Waals surface area contributed by atoms with E-state index in [9.17, 15) is 0 Å². The van der Waals surface area contributed by atoms with E-state index in [4.69, 9.17) is 23.7 Å². The molecule has 0 amide bonds. The van der Waals surface area contributed by atoms with Crippen LogP contribution in [0.1, 0.15) is 155 Å². The van der Waals surface area contributed by atoms with Crippen molar-refractivity contribution in [1.29, 1.82) is 0 Å². The number of benzene rings is 2. The quantitative estimate of drug-likeness (QED) is 0.278. The molecule has 0 heterocycles. The minimum atomic E-state index is -0.0996. The number of rotatable bonds is 12. The normalized spacial score (nSPS) is 13.3. The van der Waals surface area contributed by atoms with Crippen LogP contribution in [0, 0.1) is 14.2 Å². The van der Waals surface area contributed by atoms with Crippen LogP contribution in [0.3, 0.4) is 0 Å². The van der Waals surface area contributed by atoms with Gasteiger partial charge in [0.2, 0.25) is 0 Å². The van der Waals surface area contributed by atoms with Crippen LogP contribution in [-0.2, 0) is 21.7 Å². The summed E-state index contributed by atoms with van der Waals surface area (Å²) in [6.45, 7) is 29.5. The highest BCUT2D eigenvalue weighted by Gasteiger charge is 2.34. The van der Waals surface area contributed by atoms with Gasteiger partial charge in [0.1, 0.15) is 11.5 Å². The van der Waals surface area contributed by atoms with Crippen LogP contribution in [0.15, 0.2) is 24.3 Å². The average molecular weight is 519 g/mol. The molecule has 0 atom stereocenters. The third-order valence-corrected chi connectivity index (χ3v) is 9.96. The van der Waals surface area contributed by atoms with E-state index >= 15 is 0 Å². The van der Waals surface area contributed by atoms with Gasteiger partial charge in [-0.3, -0.25) is 0 Å². The fourth-order valence-electron chi connectivity index (χ4n) is 4.95. The third-order valence-electron chi connectivity index (χ3n) is 9.96. The first kappa shape index (κ1) is 32.3. The van der Waals surface area contributed by atoms with Crippen LogP contribution in [0.2, 0.25) is 0 Å². The molecule has 0 saturated heterocycles. The van der Waals surface area contributed by atoms with E-state index in [1.54, 1.807) is 0 Å². The Morgan fingerprint density at radius 1 is 0.553 bits per heavy atom. The van der Waals surface area contributed by atoms with Crippen LogP contribution < -0.4 is 9.47 Å². The number of ether oxygens (including phenoxy) is 2. The Morgan fingerprint density at radius 3 is 1.08 bits per heavy atom. The van der Waals surface area contributed by atoms with E-state index in [1.165, 1.54) is 11.1 Å². The van der Waals surface area contributed by atoms with Crippen molar-refractivity contribution < 1.29 is 9.47 Å². The van der Waals surface area contributed by atoms with Gasteiger partial charge in [-0.05, 0) is 58.5 Å². The highest BCUT2D eigenvalue weighted by Crippen LogP contribution is 2.49. The molecule has 38 heavy (non-hydrogen) atoms. The standard InChI is InChI=1S/C36H54O2/c1-16-33(6,7)25-20-27(31(37-14)29(22-25)35(10,11)18-3)24(5)28-21-26(34(8,9)17-2)23-30(32(28)38-15)36(12,13)19-4/h14-15,20-24H,16-19H2,1-13H3. The third kappa shape index (κ3) is 6.10. The van der Waals surface area contributed by atoms with Crippen LogP contribution in [-0.4, -0.2) is 0 Å². The molecule has 2 nitrogen and oxygen atoms in total. The fraction of sp³-hybridized carbons (Fsp3) is 0.611. The minimum Gasteiger partial charge on any atom is -0.482 e. The number of hydrogen-bond donors (Lipinski definition) is 0. The smallest absolute Gasteiger partial charge is 0.180 e. The summed E-state index contributed by atoms with van der Waals surface area (Å²) in [6, 6.07) is 9.23. The van der Waals surface area contributed by atoms with Crippen LogP contribution in [0.5, 0.6) is 11.5 Å². The Hall–Kier alpha value is -1.96. The lowest BCUT2D eigenvalue weighted by Gasteiger charge is -2.35. The van der Waals surface area contributed by atoms with Crippen LogP contribution in [0.4, 0.5) is 0 Å². The summed E-state index contributed by atoms with van der Waals surface area (Å²) in [5.41, 5.74) is 6.87. The lowest BCUT2D eigenvalue weighted by molar-refractivity contribution is 0.413. The Bertz CT molecular complexity index is 1010. The predicted molar refractivity (Wildman–Crippen MR) is 164 cm³/mol. The first-order valence-corrected chi connectivity index (χ1v) is 14.6. The van der Waals surface area contributed by atoms with Crippen molar-refractivity contribution in [2.24, 2.45) is 0 Å². The van der Waals surface area contributed by atoms with E-state index in [0.29, 0.717) is 0 Å². The fourth-order valence-corrected chi connectivity index (χ4v) is 4.95. The van der Waals surface area contributed by atoms with E-state index in [1.807, 2.05) is 0 Å². The van der Waals surface area contributed by atoms with Crippen molar-refractivity contribution in [2.75, 3.05) is 0 Å². The molecule has 4 radical (unpaired) electrons. The minimum absolute atomic E-state index is 0.00871. The summed E-state index contributed by atoms with van der Waals surface area (Å²) in [6.07, 6.45) is 4.00. The highest BCUT2D eigenvalue weighted by molar-refractivity contribution is 5.58. The molecule has 2 rings (SSSR count). The molecule has 0 fully saturated rings. The second kappa shape index (κ2) is 11.6. The van der Waals surface area contributed by atoms with E-state index in [2.05, 4.69) is 114 Å². The lowest BCUT2D eigenvalue weighted by atomic mass is 9.71. The predicted octanol–water partition coefficient (Wildman–Crippen LogP) is 10.7. The largest absolute Gasteiger partial charge is 0.482 e. The van der Waals surface area contributed by atoms with Gasteiger partial charge in [-0.15, -0.1) is 0 Å². The molecule has 0 saturated carbocycles. The first-order valence-electron chi connectivity index (χ1n) is 14.6. The summed E-state index contributed by atoms with van der Waals surface area (Å²) in [5, 5.41) is 0. The Morgan fingerprint density at radius 2 is 0.842 bits per heavy atom. The van der Waals surface area contributed by atoms with Gasteiger partial charge in [0, 0.05) is 28.2 Å². The van der Waals surface area contributed by atoms with Crippen molar-refractivity contribution >= 4 is 0 Å². The van der Waals surface area contributed by atoms with Gasteiger partial charge in [0.15, 0.2) is 14.2 Å². The topological polar surface area (TPSA) is 18.5 Å². The summed E-state index contributed by atoms with van der Waals surface area (Å²) < 4.78 is 11.5. The van der Waals surface area contributed by atoms with Gasteiger partial charge >= 0.3 is 0 Å². The van der Waals surface area contributed by atoms with E-state index < -0.39 is 0 Å². The summed E-state index contributed by atoms with van der Waals surface area (Å²) in [7, 11) is 12.1. The van der Waals surface area contributed by atoms with Gasteiger partial charge in [0.25, 0.3) is 0 Å². The maximum atomic E-state index is 6.07. The van der Waals surface area contributed by atoms with Gasteiger partial charge in [-0.1, -0.05) is 114 Å². The van der Waals surface area contributed by atoms with Crippen LogP contribution >= 0.6 is 0 Å². The molecule has 0 spiro atoms. The molecule has 2 aromatic rings. The Labute approximate surface area is 235 Å². The maximum Gasteiger partial charge on any atom is 0.180 e. The van der Waals surface area contributed by atoms with Crippen molar-refractivity contribution in [3.8, 4) is 11.5 Å². The molecular weight excluding hydrogens is 464 g/mol. The second-order valence-corrected chi connectivity index (χ2v) is 13.8. The molecule has 0 aliphatic carbocycles. The van der Waals surface area contributed by atoms with Crippen molar-refractivity contribution in [1.82, 2.24) is 0 Å². The van der Waals surface area contributed by atoms with Gasteiger partial charge in [0.05, 0.1) is 0 Å².